The molecular formula is C15H22N6O2. The predicted molar refractivity (Wildman–Crippen MR) is 82.3 cm³/mol. The van der Waals surface area contributed by atoms with Crippen LogP contribution >= 0.6 is 0 Å². The monoisotopic (exact) mass is 318 g/mol. The van der Waals surface area contributed by atoms with Gasteiger partial charge in [0.05, 0.1) is 12.6 Å². The second-order valence-corrected chi connectivity index (χ2v) is 5.83. The summed E-state index contributed by atoms with van der Waals surface area (Å²) in [5.41, 5.74) is 0. The fourth-order valence-electron chi connectivity index (χ4n) is 3.01. The van der Waals surface area contributed by atoms with Crippen LogP contribution in [0.3, 0.4) is 0 Å². The number of aromatic nitrogens is 5. The topological polar surface area (TPSA) is 78.1 Å². The Morgan fingerprint density at radius 2 is 2.30 bits per heavy atom. The minimum atomic E-state index is 0.159. The molecule has 2 aromatic heterocycles. The molecule has 0 aliphatic carbocycles. The second-order valence-electron chi connectivity index (χ2n) is 5.83. The highest BCUT2D eigenvalue weighted by atomic mass is 16.5. The Balaban J connectivity index is 1.57. The summed E-state index contributed by atoms with van der Waals surface area (Å²) < 4.78 is 9.08. The van der Waals surface area contributed by atoms with Gasteiger partial charge in [-0.25, -0.2) is 0 Å². The van der Waals surface area contributed by atoms with Crippen LogP contribution in [0.15, 0.2) is 18.5 Å². The first-order valence-electron chi connectivity index (χ1n) is 7.86. The zero-order chi connectivity index (χ0) is 16.2. The first-order chi connectivity index (χ1) is 11.2. The first kappa shape index (κ1) is 15.7. The predicted octanol–water partition coefficient (Wildman–Crippen LogP) is 1.00. The van der Waals surface area contributed by atoms with Gasteiger partial charge in [-0.05, 0) is 19.4 Å². The van der Waals surface area contributed by atoms with Crippen molar-refractivity contribution >= 4 is 5.91 Å². The maximum atomic E-state index is 12.4. The molecular weight excluding hydrogens is 296 g/mol. The van der Waals surface area contributed by atoms with Crippen molar-refractivity contribution in [2.45, 2.75) is 45.5 Å². The molecule has 0 aromatic carbocycles. The van der Waals surface area contributed by atoms with Gasteiger partial charge in [-0.3, -0.25) is 9.48 Å². The van der Waals surface area contributed by atoms with E-state index >= 15 is 0 Å². The summed E-state index contributed by atoms with van der Waals surface area (Å²) in [6.07, 6.45) is 4.96. The lowest BCUT2D eigenvalue weighted by atomic mass is 10.2. The van der Waals surface area contributed by atoms with Gasteiger partial charge in [0.15, 0.2) is 11.6 Å². The minimum absolute atomic E-state index is 0.159. The average molecular weight is 318 g/mol. The van der Waals surface area contributed by atoms with Gasteiger partial charge < -0.3 is 14.2 Å². The molecule has 0 N–H and O–H groups in total. The Hall–Kier alpha value is -2.22. The zero-order valence-electron chi connectivity index (χ0n) is 13.6. The largest absolute Gasteiger partial charge is 0.377 e. The van der Waals surface area contributed by atoms with E-state index in [-0.39, 0.29) is 11.9 Å². The van der Waals surface area contributed by atoms with Crippen LogP contribution in [-0.2, 0) is 29.2 Å². The molecule has 3 heterocycles. The fourth-order valence-corrected chi connectivity index (χ4v) is 3.01. The van der Waals surface area contributed by atoms with E-state index in [1.165, 1.54) is 0 Å². The minimum Gasteiger partial charge on any atom is -0.377 e. The van der Waals surface area contributed by atoms with Crippen LogP contribution < -0.4 is 0 Å². The van der Waals surface area contributed by atoms with E-state index in [2.05, 4.69) is 26.8 Å². The van der Waals surface area contributed by atoms with Crippen molar-refractivity contribution in [2.75, 3.05) is 13.7 Å². The van der Waals surface area contributed by atoms with Crippen LogP contribution in [0.25, 0.3) is 0 Å². The summed E-state index contributed by atoms with van der Waals surface area (Å²) in [6.45, 7) is 4.48. The highest BCUT2D eigenvalue weighted by Gasteiger charge is 2.28. The van der Waals surface area contributed by atoms with E-state index < -0.39 is 0 Å². The lowest BCUT2D eigenvalue weighted by Gasteiger charge is -2.32. The van der Waals surface area contributed by atoms with Crippen molar-refractivity contribution in [2.24, 2.45) is 0 Å². The van der Waals surface area contributed by atoms with Crippen LogP contribution in [0.5, 0.6) is 0 Å². The molecule has 2 aromatic rings. The Bertz CT molecular complexity index is 651. The van der Waals surface area contributed by atoms with Crippen LogP contribution in [0.4, 0.5) is 0 Å². The highest BCUT2D eigenvalue weighted by Crippen LogP contribution is 2.22. The number of nitrogens with zero attached hydrogens (tertiary/aromatic N) is 6. The lowest BCUT2D eigenvalue weighted by Crippen LogP contribution is -2.40. The molecule has 124 valence electrons. The van der Waals surface area contributed by atoms with Gasteiger partial charge >= 0.3 is 0 Å². The molecule has 0 saturated heterocycles. The van der Waals surface area contributed by atoms with Gasteiger partial charge in [0.25, 0.3) is 0 Å². The third-order valence-electron chi connectivity index (χ3n) is 4.06. The molecule has 1 amide bonds. The van der Waals surface area contributed by atoms with E-state index in [1.54, 1.807) is 13.3 Å². The van der Waals surface area contributed by atoms with Gasteiger partial charge in [-0.1, -0.05) is 0 Å². The van der Waals surface area contributed by atoms with Crippen molar-refractivity contribution in [1.29, 1.82) is 0 Å². The second kappa shape index (κ2) is 6.91. The summed E-state index contributed by atoms with van der Waals surface area (Å²) in [5, 5.41) is 12.5. The van der Waals surface area contributed by atoms with Gasteiger partial charge in [0.2, 0.25) is 5.91 Å². The summed E-state index contributed by atoms with van der Waals surface area (Å²) in [5.74, 6) is 1.81. The summed E-state index contributed by atoms with van der Waals surface area (Å²) in [4.78, 5) is 14.3. The lowest BCUT2D eigenvalue weighted by molar-refractivity contribution is -0.133. The van der Waals surface area contributed by atoms with Crippen molar-refractivity contribution in [3.8, 4) is 0 Å². The molecule has 0 saturated carbocycles. The molecule has 23 heavy (non-hydrogen) atoms. The molecule has 3 rings (SSSR count). The Morgan fingerprint density at radius 1 is 1.43 bits per heavy atom. The number of carbonyl (C=O) groups excluding carboxylic acids is 1. The molecule has 1 atom stereocenters. The van der Waals surface area contributed by atoms with E-state index in [0.717, 1.165) is 24.6 Å². The van der Waals surface area contributed by atoms with Gasteiger partial charge in [-0.15, -0.1) is 10.2 Å². The molecule has 0 unspecified atom stereocenters. The SMILES string of the molecule is COCc1nnc2n1[C@@H](C)CN(C(=O)CCCn1cccn1)C2. The van der Waals surface area contributed by atoms with Crippen molar-refractivity contribution in [3.05, 3.63) is 30.1 Å². The third-order valence-corrected chi connectivity index (χ3v) is 4.06. The molecule has 0 fully saturated rings. The average Bonchev–Trinajstić information content (AvgIpc) is 3.17. The molecule has 1 aliphatic rings. The molecule has 0 radical (unpaired) electrons. The number of amides is 1. The third kappa shape index (κ3) is 3.42. The molecule has 8 heteroatoms. The first-order valence-corrected chi connectivity index (χ1v) is 7.86. The van der Waals surface area contributed by atoms with Crippen LogP contribution in [0.2, 0.25) is 0 Å². The maximum Gasteiger partial charge on any atom is 0.223 e. The van der Waals surface area contributed by atoms with Crippen molar-refractivity contribution in [1.82, 2.24) is 29.4 Å². The van der Waals surface area contributed by atoms with Crippen LogP contribution in [0, 0.1) is 0 Å². The summed E-state index contributed by atoms with van der Waals surface area (Å²) in [6, 6.07) is 2.05. The van der Waals surface area contributed by atoms with E-state index in [9.17, 15) is 4.79 Å². The highest BCUT2D eigenvalue weighted by molar-refractivity contribution is 5.76. The number of hydrogen-bond acceptors (Lipinski definition) is 5. The Labute approximate surface area is 135 Å². The quantitative estimate of drug-likeness (QED) is 0.794. The summed E-state index contributed by atoms with van der Waals surface area (Å²) in [7, 11) is 1.64. The van der Waals surface area contributed by atoms with E-state index in [1.807, 2.05) is 21.8 Å². The number of carbonyl (C=O) groups is 1. The van der Waals surface area contributed by atoms with Gasteiger partial charge in [0, 0.05) is 39.0 Å². The van der Waals surface area contributed by atoms with Crippen molar-refractivity contribution < 1.29 is 9.53 Å². The standard InChI is InChI=1S/C15H22N6O2/c1-12-9-19(10-13-17-18-14(11-23-2)21(12)13)15(22)5-3-7-20-8-4-6-16-20/h4,6,8,12H,3,5,7,9-11H2,1-2H3/t12-/m0/s1. The van der Waals surface area contributed by atoms with Gasteiger partial charge in [-0.2, -0.15) is 5.10 Å². The molecule has 8 nitrogen and oxygen atoms in total. The Morgan fingerprint density at radius 3 is 3.04 bits per heavy atom. The zero-order valence-corrected chi connectivity index (χ0v) is 13.6. The number of ether oxygens (including phenoxy) is 1. The number of hydrogen-bond donors (Lipinski definition) is 0. The van der Waals surface area contributed by atoms with Crippen molar-refractivity contribution in [3.63, 3.8) is 0 Å². The number of methoxy groups -OCH3 is 1. The molecule has 0 spiro atoms. The van der Waals surface area contributed by atoms with Crippen LogP contribution in [0.1, 0.15) is 37.5 Å². The number of rotatable bonds is 6. The van der Waals surface area contributed by atoms with E-state index in [0.29, 0.717) is 26.1 Å². The van der Waals surface area contributed by atoms with Gasteiger partial charge in [0.1, 0.15) is 6.61 Å². The normalized spacial score (nSPS) is 17.3. The van der Waals surface area contributed by atoms with Crippen LogP contribution in [-0.4, -0.2) is 49.0 Å². The maximum absolute atomic E-state index is 12.4. The molecule has 0 bridgehead atoms. The smallest absolute Gasteiger partial charge is 0.223 e. The number of aryl methyl sites for hydroxylation is 1. The summed E-state index contributed by atoms with van der Waals surface area (Å²) >= 11 is 0. The fraction of sp³-hybridized carbons (Fsp3) is 0.600. The molecule has 1 aliphatic heterocycles. The van der Waals surface area contributed by atoms with E-state index in [4.69, 9.17) is 4.74 Å². The Kier molecular flexibility index (Phi) is 4.71. The number of fused-ring (bicyclic) bond motifs is 1.